The van der Waals surface area contributed by atoms with Gasteiger partial charge < -0.3 is 20.1 Å². The molecule has 1 heterocycles. The number of carbonyl (C=O) groups excluding carboxylic acids is 1. The molecule has 0 unspecified atom stereocenters. The van der Waals surface area contributed by atoms with E-state index in [-0.39, 0.29) is 24.4 Å². The van der Waals surface area contributed by atoms with Gasteiger partial charge in [0.1, 0.15) is 0 Å². The van der Waals surface area contributed by atoms with Crippen LogP contribution in [0.2, 0.25) is 0 Å². The third-order valence-electron chi connectivity index (χ3n) is 3.70. The van der Waals surface area contributed by atoms with E-state index in [1.165, 1.54) is 0 Å². The average molecular weight is 343 g/mol. The summed E-state index contributed by atoms with van der Waals surface area (Å²) in [6.07, 6.45) is 2.79. The summed E-state index contributed by atoms with van der Waals surface area (Å²) < 4.78 is 11.2. The van der Waals surface area contributed by atoms with E-state index < -0.39 is 0 Å². The van der Waals surface area contributed by atoms with Gasteiger partial charge in [-0.1, -0.05) is 6.07 Å². The smallest absolute Gasteiger partial charge is 0.237 e. The molecule has 0 radical (unpaired) electrons. The molecule has 130 valence electrons. The van der Waals surface area contributed by atoms with Gasteiger partial charge in [-0.05, 0) is 57.4 Å². The summed E-state index contributed by atoms with van der Waals surface area (Å²) >= 11 is 0. The van der Waals surface area contributed by atoms with E-state index in [9.17, 15) is 4.79 Å². The molecule has 2 N–H and O–H groups in total. The number of ether oxygens (including phenoxy) is 2. The molecule has 1 fully saturated rings. The van der Waals surface area contributed by atoms with Gasteiger partial charge in [-0.3, -0.25) is 4.79 Å². The van der Waals surface area contributed by atoms with Gasteiger partial charge in [-0.25, -0.2) is 0 Å². The molecule has 6 heteroatoms. The highest BCUT2D eigenvalue weighted by molar-refractivity contribution is 5.85. The summed E-state index contributed by atoms with van der Waals surface area (Å²) in [6.45, 7) is 6.70. The molecule has 5 nitrogen and oxygen atoms in total. The van der Waals surface area contributed by atoms with Crippen molar-refractivity contribution in [2.45, 2.75) is 39.2 Å². The van der Waals surface area contributed by atoms with Crippen LogP contribution in [0.4, 0.5) is 0 Å². The number of carbonyl (C=O) groups is 1. The van der Waals surface area contributed by atoms with E-state index in [2.05, 4.69) is 10.6 Å². The fourth-order valence-electron chi connectivity index (χ4n) is 2.61. The van der Waals surface area contributed by atoms with Crippen molar-refractivity contribution in [3.8, 4) is 11.5 Å². The first-order valence-electron chi connectivity index (χ1n) is 8.14. The van der Waals surface area contributed by atoms with Crippen molar-refractivity contribution in [2.75, 3.05) is 26.3 Å². The number of hydrogen-bond acceptors (Lipinski definition) is 4. The van der Waals surface area contributed by atoms with Crippen molar-refractivity contribution >= 4 is 18.3 Å². The van der Waals surface area contributed by atoms with E-state index in [1.807, 2.05) is 32.0 Å². The van der Waals surface area contributed by atoms with Crippen LogP contribution in [0.15, 0.2) is 18.2 Å². The van der Waals surface area contributed by atoms with Crippen molar-refractivity contribution < 1.29 is 14.3 Å². The Bertz CT molecular complexity index is 491. The quantitative estimate of drug-likeness (QED) is 0.761. The SMILES string of the molecule is CCOc1ccc(CCNC(=O)[C@@H]2CCCN2)cc1OCC.Cl. The minimum absolute atomic E-state index is 0. The van der Waals surface area contributed by atoms with Crippen LogP contribution >= 0.6 is 12.4 Å². The van der Waals surface area contributed by atoms with Crippen molar-refractivity contribution in [1.29, 1.82) is 0 Å². The lowest BCUT2D eigenvalue weighted by atomic mass is 10.1. The highest BCUT2D eigenvalue weighted by Crippen LogP contribution is 2.28. The molecule has 1 aromatic carbocycles. The van der Waals surface area contributed by atoms with E-state index in [1.54, 1.807) is 0 Å². The third-order valence-corrected chi connectivity index (χ3v) is 3.70. The molecule has 1 aliphatic heterocycles. The number of halogens is 1. The van der Waals surface area contributed by atoms with Crippen molar-refractivity contribution in [2.24, 2.45) is 0 Å². The summed E-state index contributed by atoms with van der Waals surface area (Å²) in [5, 5.41) is 6.19. The molecule has 1 saturated heterocycles. The number of nitrogens with one attached hydrogen (secondary N) is 2. The zero-order valence-electron chi connectivity index (χ0n) is 13.9. The summed E-state index contributed by atoms with van der Waals surface area (Å²) in [5.41, 5.74) is 1.13. The molecule has 0 bridgehead atoms. The summed E-state index contributed by atoms with van der Waals surface area (Å²) in [5.74, 6) is 1.64. The number of benzene rings is 1. The van der Waals surface area contributed by atoms with E-state index in [0.29, 0.717) is 19.8 Å². The molecular formula is C17H27ClN2O3. The van der Waals surface area contributed by atoms with Crippen LogP contribution < -0.4 is 20.1 Å². The molecule has 0 spiro atoms. The maximum absolute atomic E-state index is 11.9. The van der Waals surface area contributed by atoms with Gasteiger partial charge in [0.2, 0.25) is 5.91 Å². The zero-order chi connectivity index (χ0) is 15.8. The van der Waals surface area contributed by atoms with Crippen LogP contribution in [0.1, 0.15) is 32.3 Å². The Kier molecular flexibility index (Phi) is 8.81. The standard InChI is InChI=1S/C17H26N2O3.ClH/c1-3-21-15-8-7-13(12-16(15)22-4-2)9-11-19-17(20)14-6-5-10-18-14;/h7-8,12,14,18H,3-6,9-11H2,1-2H3,(H,19,20);1H/t14-;/m0./s1. The Morgan fingerprint density at radius 1 is 1.26 bits per heavy atom. The topological polar surface area (TPSA) is 59.6 Å². The largest absolute Gasteiger partial charge is 0.490 e. The number of rotatable bonds is 8. The maximum Gasteiger partial charge on any atom is 0.237 e. The van der Waals surface area contributed by atoms with Crippen LogP contribution in [0, 0.1) is 0 Å². The van der Waals surface area contributed by atoms with Gasteiger partial charge in [-0.2, -0.15) is 0 Å². The molecule has 0 aromatic heterocycles. The van der Waals surface area contributed by atoms with Crippen molar-refractivity contribution in [1.82, 2.24) is 10.6 Å². The van der Waals surface area contributed by atoms with Crippen LogP contribution in [-0.2, 0) is 11.2 Å². The fraction of sp³-hybridized carbons (Fsp3) is 0.588. The van der Waals surface area contributed by atoms with Gasteiger partial charge in [0.15, 0.2) is 11.5 Å². The van der Waals surface area contributed by atoms with E-state index >= 15 is 0 Å². The summed E-state index contributed by atoms with van der Waals surface area (Å²) in [7, 11) is 0. The highest BCUT2D eigenvalue weighted by Gasteiger charge is 2.21. The molecular weight excluding hydrogens is 316 g/mol. The van der Waals surface area contributed by atoms with Gasteiger partial charge in [0, 0.05) is 6.54 Å². The lowest BCUT2D eigenvalue weighted by Crippen LogP contribution is -2.41. The molecule has 0 aliphatic carbocycles. The maximum atomic E-state index is 11.9. The van der Waals surface area contributed by atoms with Crippen LogP contribution in [0.5, 0.6) is 11.5 Å². The Morgan fingerprint density at radius 2 is 2.00 bits per heavy atom. The first-order chi connectivity index (χ1) is 10.7. The molecule has 1 amide bonds. The molecule has 1 aromatic rings. The average Bonchev–Trinajstić information content (AvgIpc) is 3.04. The second-order valence-corrected chi connectivity index (χ2v) is 5.34. The molecule has 1 atom stereocenters. The summed E-state index contributed by atoms with van der Waals surface area (Å²) in [4.78, 5) is 11.9. The Morgan fingerprint density at radius 3 is 2.65 bits per heavy atom. The molecule has 0 saturated carbocycles. The van der Waals surface area contributed by atoms with Gasteiger partial charge in [0.05, 0.1) is 19.3 Å². The van der Waals surface area contributed by atoms with Crippen molar-refractivity contribution in [3.63, 3.8) is 0 Å². The van der Waals surface area contributed by atoms with Gasteiger partial charge in [-0.15, -0.1) is 12.4 Å². The second kappa shape index (κ2) is 10.3. The molecule has 1 aliphatic rings. The third kappa shape index (κ3) is 5.92. The predicted octanol–water partition coefficient (Wildman–Crippen LogP) is 2.32. The monoisotopic (exact) mass is 342 g/mol. The van der Waals surface area contributed by atoms with E-state index in [0.717, 1.165) is 42.9 Å². The molecule has 2 rings (SSSR count). The fourth-order valence-corrected chi connectivity index (χ4v) is 2.61. The second-order valence-electron chi connectivity index (χ2n) is 5.34. The first-order valence-corrected chi connectivity index (χ1v) is 8.14. The number of hydrogen-bond donors (Lipinski definition) is 2. The highest BCUT2D eigenvalue weighted by atomic mass is 35.5. The Balaban J connectivity index is 0.00000264. The predicted molar refractivity (Wildman–Crippen MR) is 93.8 cm³/mol. The first kappa shape index (κ1) is 19.6. The van der Waals surface area contributed by atoms with Crippen LogP contribution in [-0.4, -0.2) is 38.3 Å². The molecule has 23 heavy (non-hydrogen) atoms. The van der Waals surface area contributed by atoms with Crippen LogP contribution in [0.3, 0.4) is 0 Å². The van der Waals surface area contributed by atoms with Gasteiger partial charge >= 0.3 is 0 Å². The van der Waals surface area contributed by atoms with Crippen molar-refractivity contribution in [3.05, 3.63) is 23.8 Å². The van der Waals surface area contributed by atoms with Gasteiger partial charge in [0.25, 0.3) is 0 Å². The zero-order valence-corrected chi connectivity index (χ0v) is 14.7. The minimum Gasteiger partial charge on any atom is -0.490 e. The lowest BCUT2D eigenvalue weighted by Gasteiger charge is -2.13. The lowest BCUT2D eigenvalue weighted by molar-refractivity contribution is -0.122. The van der Waals surface area contributed by atoms with Crippen LogP contribution in [0.25, 0.3) is 0 Å². The normalized spacial score (nSPS) is 16.5. The van der Waals surface area contributed by atoms with E-state index in [4.69, 9.17) is 9.47 Å². The number of amides is 1. The summed E-state index contributed by atoms with van der Waals surface area (Å²) in [6, 6.07) is 5.94. The Labute approximate surface area is 144 Å². The Hall–Kier alpha value is -1.46. The minimum atomic E-state index is -0.0145.